The normalized spacial score (nSPS) is 10.3. The summed E-state index contributed by atoms with van der Waals surface area (Å²) >= 11 is 0. The number of nitrogens with zero attached hydrogens (tertiary/aromatic N) is 2. The third-order valence-electron chi connectivity index (χ3n) is 2.58. The first-order chi connectivity index (χ1) is 8.78. The molecule has 18 heavy (non-hydrogen) atoms. The minimum absolute atomic E-state index is 0.0387. The van der Waals surface area contributed by atoms with E-state index in [4.69, 9.17) is 0 Å². The Balaban J connectivity index is 1.96. The van der Waals surface area contributed by atoms with Crippen molar-refractivity contribution in [2.45, 2.75) is 26.3 Å². The van der Waals surface area contributed by atoms with E-state index in [1.165, 1.54) is 5.56 Å². The van der Waals surface area contributed by atoms with Crippen LogP contribution in [0.5, 0.6) is 0 Å². The molecule has 0 saturated carbocycles. The van der Waals surface area contributed by atoms with Gasteiger partial charge in [0.05, 0.1) is 18.4 Å². The molecule has 0 saturated heterocycles. The van der Waals surface area contributed by atoms with Crippen LogP contribution in [0.15, 0.2) is 42.7 Å². The summed E-state index contributed by atoms with van der Waals surface area (Å²) in [6.07, 6.45) is 4.92. The molecule has 1 heterocycles. The van der Waals surface area contributed by atoms with Gasteiger partial charge >= 0.3 is 0 Å². The van der Waals surface area contributed by atoms with E-state index in [0.29, 0.717) is 13.0 Å². The fourth-order valence-corrected chi connectivity index (χ4v) is 1.74. The van der Waals surface area contributed by atoms with E-state index in [2.05, 4.69) is 22.5 Å². The van der Waals surface area contributed by atoms with E-state index >= 15 is 0 Å². The van der Waals surface area contributed by atoms with Crippen molar-refractivity contribution in [2.75, 3.05) is 5.32 Å². The van der Waals surface area contributed by atoms with E-state index in [1.807, 2.05) is 36.0 Å². The zero-order valence-corrected chi connectivity index (χ0v) is 10.5. The second kappa shape index (κ2) is 6.00. The molecular formula is C14H17N3O. The maximum Gasteiger partial charge on any atom is 0.224 e. The van der Waals surface area contributed by atoms with Crippen molar-refractivity contribution in [3.8, 4) is 0 Å². The molecule has 0 aliphatic rings. The summed E-state index contributed by atoms with van der Waals surface area (Å²) in [6, 6.07) is 10.1. The van der Waals surface area contributed by atoms with Crippen molar-refractivity contribution in [1.29, 1.82) is 0 Å². The Labute approximate surface area is 107 Å². The van der Waals surface area contributed by atoms with Gasteiger partial charge in [-0.1, -0.05) is 37.3 Å². The van der Waals surface area contributed by atoms with Gasteiger partial charge in [-0.15, -0.1) is 0 Å². The number of nitrogens with one attached hydrogen (secondary N) is 1. The predicted octanol–water partition coefficient (Wildman–Crippen LogP) is 2.67. The highest BCUT2D eigenvalue weighted by atomic mass is 16.1. The van der Waals surface area contributed by atoms with E-state index in [1.54, 1.807) is 6.20 Å². The standard InChI is InChI=1S/C14H17N3O/c1-2-6-14(18)16-13-9-15-17(11-13)10-12-7-4-3-5-8-12/h3-5,7-9,11H,2,6,10H2,1H3,(H,16,18). The summed E-state index contributed by atoms with van der Waals surface area (Å²) in [6.45, 7) is 2.70. The van der Waals surface area contributed by atoms with Crippen molar-refractivity contribution in [3.05, 3.63) is 48.3 Å². The number of aromatic nitrogens is 2. The molecule has 0 unspecified atom stereocenters. The van der Waals surface area contributed by atoms with Gasteiger partial charge in [-0.05, 0) is 12.0 Å². The smallest absolute Gasteiger partial charge is 0.224 e. The van der Waals surface area contributed by atoms with Crippen molar-refractivity contribution in [3.63, 3.8) is 0 Å². The van der Waals surface area contributed by atoms with Crippen LogP contribution in [-0.2, 0) is 11.3 Å². The molecular weight excluding hydrogens is 226 g/mol. The number of anilines is 1. The van der Waals surface area contributed by atoms with Crippen LogP contribution in [0, 0.1) is 0 Å². The van der Waals surface area contributed by atoms with Crippen LogP contribution in [0.25, 0.3) is 0 Å². The molecule has 0 radical (unpaired) electrons. The molecule has 0 aliphatic heterocycles. The van der Waals surface area contributed by atoms with Crippen LogP contribution >= 0.6 is 0 Å². The largest absolute Gasteiger partial charge is 0.323 e. The highest BCUT2D eigenvalue weighted by Gasteiger charge is 2.03. The van der Waals surface area contributed by atoms with Gasteiger partial charge in [0.15, 0.2) is 0 Å². The Morgan fingerprint density at radius 3 is 2.83 bits per heavy atom. The summed E-state index contributed by atoms with van der Waals surface area (Å²) in [5.74, 6) is 0.0387. The molecule has 1 N–H and O–H groups in total. The topological polar surface area (TPSA) is 46.9 Å². The maximum absolute atomic E-state index is 11.4. The minimum Gasteiger partial charge on any atom is -0.323 e. The molecule has 0 bridgehead atoms. The third-order valence-corrected chi connectivity index (χ3v) is 2.58. The van der Waals surface area contributed by atoms with Gasteiger partial charge in [0, 0.05) is 12.6 Å². The average Bonchev–Trinajstić information content (AvgIpc) is 2.78. The van der Waals surface area contributed by atoms with Crippen molar-refractivity contribution in [2.24, 2.45) is 0 Å². The summed E-state index contributed by atoms with van der Waals surface area (Å²) in [7, 11) is 0. The van der Waals surface area contributed by atoms with Crippen molar-refractivity contribution >= 4 is 11.6 Å². The molecule has 0 fully saturated rings. The molecule has 0 aliphatic carbocycles. The first kappa shape index (κ1) is 12.4. The molecule has 1 aromatic carbocycles. The summed E-state index contributed by atoms with van der Waals surface area (Å²) in [4.78, 5) is 11.4. The Bertz CT molecular complexity index is 505. The number of carbonyl (C=O) groups is 1. The van der Waals surface area contributed by atoms with Crippen LogP contribution in [0.3, 0.4) is 0 Å². The van der Waals surface area contributed by atoms with Crippen LogP contribution in [0.2, 0.25) is 0 Å². The monoisotopic (exact) mass is 243 g/mol. The van der Waals surface area contributed by atoms with Crippen LogP contribution in [-0.4, -0.2) is 15.7 Å². The summed E-state index contributed by atoms with van der Waals surface area (Å²) in [5, 5.41) is 7.05. The molecule has 0 atom stereocenters. The van der Waals surface area contributed by atoms with Gasteiger partial charge in [0.25, 0.3) is 0 Å². The first-order valence-electron chi connectivity index (χ1n) is 6.14. The second-order valence-electron chi connectivity index (χ2n) is 4.21. The molecule has 2 aromatic rings. The van der Waals surface area contributed by atoms with Gasteiger partial charge in [-0.25, -0.2) is 0 Å². The van der Waals surface area contributed by atoms with E-state index in [9.17, 15) is 4.79 Å². The Morgan fingerprint density at radius 2 is 2.11 bits per heavy atom. The molecule has 1 aromatic heterocycles. The maximum atomic E-state index is 11.4. The lowest BCUT2D eigenvalue weighted by atomic mass is 10.2. The quantitative estimate of drug-likeness (QED) is 0.877. The molecule has 1 amide bonds. The Hall–Kier alpha value is -2.10. The average molecular weight is 243 g/mol. The van der Waals surface area contributed by atoms with E-state index < -0.39 is 0 Å². The van der Waals surface area contributed by atoms with Gasteiger partial charge in [0.1, 0.15) is 0 Å². The zero-order chi connectivity index (χ0) is 12.8. The van der Waals surface area contributed by atoms with Crippen LogP contribution in [0.4, 0.5) is 5.69 Å². The Morgan fingerprint density at radius 1 is 1.33 bits per heavy atom. The lowest BCUT2D eigenvalue weighted by Crippen LogP contribution is -2.09. The minimum atomic E-state index is 0.0387. The molecule has 2 rings (SSSR count). The van der Waals surface area contributed by atoms with Crippen molar-refractivity contribution in [1.82, 2.24) is 9.78 Å². The number of benzene rings is 1. The Kier molecular flexibility index (Phi) is 4.12. The van der Waals surface area contributed by atoms with E-state index in [0.717, 1.165) is 12.1 Å². The van der Waals surface area contributed by atoms with E-state index in [-0.39, 0.29) is 5.91 Å². The lowest BCUT2D eigenvalue weighted by Gasteiger charge is -2.01. The molecule has 4 heteroatoms. The molecule has 0 spiro atoms. The summed E-state index contributed by atoms with van der Waals surface area (Å²) in [5.41, 5.74) is 1.94. The second-order valence-corrected chi connectivity index (χ2v) is 4.21. The number of hydrogen-bond acceptors (Lipinski definition) is 2. The number of amides is 1. The molecule has 94 valence electrons. The van der Waals surface area contributed by atoms with Gasteiger partial charge < -0.3 is 5.32 Å². The predicted molar refractivity (Wildman–Crippen MR) is 71.3 cm³/mol. The highest BCUT2D eigenvalue weighted by Crippen LogP contribution is 2.08. The first-order valence-corrected chi connectivity index (χ1v) is 6.14. The third kappa shape index (κ3) is 3.45. The van der Waals surface area contributed by atoms with Crippen LogP contribution < -0.4 is 5.32 Å². The number of rotatable bonds is 5. The fraction of sp³-hybridized carbons (Fsp3) is 0.286. The van der Waals surface area contributed by atoms with Crippen molar-refractivity contribution < 1.29 is 4.79 Å². The SMILES string of the molecule is CCCC(=O)Nc1cnn(Cc2ccccc2)c1. The fourth-order valence-electron chi connectivity index (χ4n) is 1.74. The molecule has 4 nitrogen and oxygen atoms in total. The van der Waals surface area contributed by atoms with Crippen LogP contribution in [0.1, 0.15) is 25.3 Å². The van der Waals surface area contributed by atoms with Gasteiger partial charge in [-0.2, -0.15) is 5.10 Å². The lowest BCUT2D eigenvalue weighted by molar-refractivity contribution is -0.116. The number of carbonyl (C=O) groups excluding carboxylic acids is 1. The summed E-state index contributed by atoms with van der Waals surface area (Å²) < 4.78 is 1.82. The zero-order valence-electron chi connectivity index (χ0n) is 10.5. The highest BCUT2D eigenvalue weighted by molar-refractivity contribution is 5.90. The number of hydrogen-bond donors (Lipinski definition) is 1. The van der Waals surface area contributed by atoms with Gasteiger partial charge in [0.2, 0.25) is 5.91 Å². The van der Waals surface area contributed by atoms with Gasteiger partial charge in [-0.3, -0.25) is 9.48 Å².